The molecule has 0 unspecified atom stereocenters. The zero-order valence-corrected chi connectivity index (χ0v) is 10.9. The molecule has 0 saturated heterocycles. The topological polar surface area (TPSA) is 44.1 Å². The molecule has 1 aromatic carbocycles. The quantitative estimate of drug-likeness (QED) is 0.789. The highest BCUT2D eigenvalue weighted by molar-refractivity contribution is 5.89. The van der Waals surface area contributed by atoms with E-state index in [1.54, 1.807) is 24.1 Å². The van der Waals surface area contributed by atoms with Crippen molar-refractivity contribution in [2.45, 2.75) is 24.9 Å². The Balaban J connectivity index is 1.68. The van der Waals surface area contributed by atoms with Crippen LogP contribution in [0.4, 0.5) is 0 Å². The maximum Gasteiger partial charge on any atom is 0.341 e. The number of rotatable bonds is 4. The second-order valence-electron chi connectivity index (χ2n) is 5.14. The summed E-state index contributed by atoms with van der Waals surface area (Å²) < 4.78 is 7.26. The molecule has 4 nitrogen and oxygen atoms in total. The first kappa shape index (κ1) is 12.0. The Kier molecular flexibility index (Phi) is 2.85. The van der Waals surface area contributed by atoms with Crippen molar-refractivity contribution in [3.8, 4) is 0 Å². The predicted octanol–water partition coefficient (Wildman–Crippen LogP) is 2.35. The van der Waals surface area contributed by atoms with Gasteiger partial charge < -0.3 is 4.74 Å². The number of aromatic nitrogens is 2. The predicted molar refractivity (Wildman–Crippen MR) is 70.7 cm³/mol. The number of ether oxygens (including phenoxy) is 1. The summed E-state index contributed by atoms with van der Waals surface area (Å²) in [5.74, 6) is -0.276. The number of carbonyl (C=O) groups excluding carboxylic acids is 1. The lowest BCUT2D eigenvalue weighted by Crippen LogP contribution is -2.22. The van der Waals surface area contributed by atoms with Crippen LogP contribution in [-0.4, -0.2) is 21.4 Å². The van der Waals surface area contributed by atoms with Gasteiger partial charge in [-0.2, -0.15) is 5.10 Å². The average Bonchev–Trinajstić information content (AvgIpc) is 2.99. The van der Waals surface area contributed by atoms with Crippen molar-refractivity contribution in [2.24, 2.45) is 7.05 Å². The lowest BCUT2D eigenvalue weighted by molar-refractivity contribution is 0.0228. The third-order valence-electron chi connectivity index (χ3n) is 3.43. The van der Waals surface area contributed by atoms with Crippen LogP contribution in [-0.2, 0) is 18.2 Å². The van der Waals surface area contributed by atoms with Crippen LogP contribution in [0.15, 0.2) is 42.7 Å². The van der Waals surface area contributed by atoms with Gasteiger partial charge in [0.25, 0.3) is 0 Å². The lowest BCUT2D eigenvalue weighted by Gasteiger charge is -2.16. The van der Waals surface area contributed by atoms with Crippen LogP contribution in [0.1, 0.15) is 28.8 Å². The summed E-state index contributed by atoms with van der Waals surface area (Å²) >= 11 is 0. The van der Waals surface area contributed by atoms with Gasteiger partial charge in [-0.1, -0.05) is 30.3 Å². The van der Waals surface area contributed by atoms with Crippen molar-refractivity contribution in [2.75, 3.05) is 0 Å². The lowest BCUT2D eigenvalue weighted by atomic mass is 10.1. The number of hydrogen-bond acceptors (Lipinski definition) is 3. The highest BCUT2D eigenvalue weighted by atomic mass is 16.6. The van der Waals surface area contributed by atoms with Gasteiger partial charge in [0.15, 0.2) is 0 Å². The number of aryl methyl sites for hydroxylation is 1. The third kappa shape index (κ3) is 2.67. The van der Waals surface area contributed by atoms with E-state index in [-0.39, 0.29) is 11.6 Å². The summed E-state index contributed by atoms with van der Waals surface area (Å²) in [5.41, 5.74) is 1.43. The van der Waals surface area contributed by atoms with E-state index >= 15 is 0 Å². The molecule has 98 valence electrons. The van der Waals surface area contributed by atoms with Crippen molar-refractivity contribution in [1.29, 1.82) is 0 Å². The summed E-state index contributed by atoms with van der Waals surface area (Å²) in [6.07, 6.45) is 5.89. The smallest absolute Gasteiger partial charge is 0.341 e. The molecule has 0 atom stereocenters. The molecule has 1 aliphatic carbocycles. The zero-order valence-electron chi connectivity index (χ0n) is 10.9. The number of hydrogen-bond donors (Lipinski definition) is 0. The van der Waals surface area contributed by atoms with Gasteiger partial charge in [0.05, 0.1) is 11.8 Å². The second-order valence-corrected chi connectivity index (χ2v) is 5.14. The molecule has 1 saturated carbocycles. The molecule has 0 aliphatic heterocycles. The first-order valence-corrected chi connectivity index (χ1v) is 6.43. The van der Waals surface area contributed by atoms with Crippen molar-refractivity contribution in [3.05, 3.63) is 53.9 Å². The molecule has 0 N–H and O–H groups in total. The van der Waals surface area contributed by atoms with Crippen LogP contribution in [0.5, 0.6) is 0 Å². The molecule has 1 fully saturated rings. The Hall–Kier alpha value is -2.10. The molecular formula is C15H16N2O2. The minimum atomic E-state index is -0.297. The Morgan fingerprint density at radius 2 is 2.11 bits per heavy atom. The summed E-state index contributed by atoms with van der Waals surface area (Å²) in [4.78, 5) is 12.0. The van der Waals surface area contributed by atoms with E-state index in [2.05, 4.69) is 17.2 Å². The molecule has 0 bridgehead atoms. The van der Waals surface area contributed by atoms with Gasteiger partial charge in [0.1, 0.15) is 5.60 Å². The first-order chi connectivity index (χ1) is 9.17. The first-order valence-electron chi connectivity index (χ1n) is 6.43. The van der Waals surface area contributed by atoms with Gasteiger partial charge in [0.2, 0.25) is 0 Å². The van der Waals surface area contributed by atoms with Crippen LogP contribution in [0.25, 0.3) is 0 Å². The van der Waals surface area contributed by atoms with E-state index < -0.39 is 0 Å². The SMILES string of the molecule is Cn1cc(C(=O)OC2(Cc3ccccc3)CC2)cn1. The maximum atomic E-state index is 12.0. The van der Waals surface area contributed by atoms with Crippen LogP contribution < -0.4 is 0 Å². The molecule has 2 aromatic rings. The standard InChI is InChI=1S/C15H16N2O2/c1-17-11-13(10-16-17)14(18)19-15(7-8-15)9-12-5-3-2-4-6-12/h2-6,10-11H,7-9H2,1H3. The Bertz CT molecular complexity index is 585. The normalized spacial score (nSPS) is 16.1. The molecule has 1 heterocycles. The maximum absolute atomic E-state index is 12.0. The molecule has 0 amide bonds. The largest absolute Gasteiger partial charge is 0.455 e. The van der Waals surface area contributed by atoms with Crippen molar-refractivity contribution >= 4 is 5.97 Å². The monoisotopic (exact) mass is 256 g/mol. The minimum absolute atomic E-state index is 0.276. The Labute approximate surface area is 112 Å². The molecule has 0 spiro atoms. The van der Waals surface area contributed by atoms with Gasteiger partial charge >= 0.3 is 5.97 Å². The molecule has 0 radical (unpaired) electrons. The van der Waals surface area contributed by atoms with Crippen molar-refractivity contribution in [3.63, 3.8) is 0 Å². The fourth-order valence-electron chi connectivity index (χ4n) is 2.20. The highest BCUT2D eigenvalue weighted by Crippen LogP contribution is 2.43. The van der Waals surface area contributed by atoms with E-state index in [0.717, 1.165) is 19.3 Å². The van der Waals surface area contributed by atoms with Crippen molar-refractivity contribution < 1.29 is 9.53 Å². The summed E-state index contributed by atoms with van der Waals surface area (Å²) in [6.45, 7) is 0. The number of benzene rings is 1. The van der Waals surface area contributed by atoms with Crippen LogP contribution >= 0.6 is 0 Å². The van der Waals surface area contributed by atoms with Crippen molar-refractivity contribution in [1.82, 2.24) is 9.78 Å². The van der Waals surface area contributed by atoms with E-state index in [1.165, 1.54) is 5.56 Å². The Morgan fingerprint density at radius 1 is 1.37 bits per heavy atom. The fourth-order valence-corrected chi connectivity index (χ4v) is 2.20. The summed E-state index contributed by atoms with van der Waals surface area (Å²) in [7, 11) is 1.79. The van der Waals surface area contributed by atoms with E-state index in [9.17, 15) is 4.79 Å². The number of nitrogens with zero attached hydrogens (tertiary/aromatic N) is 2. The fraction of sp³-hybridized carbons (Fsp3) is 0.333. The zero-order chi connectivity index (χ0) is 13.3. The molecule has 4 heteroatoms. The summed E-state index contributed by atoms with van der Waals surface area (Å²) in [6, 6.07) is 10.1. The highest BCUT2D eigenvalue weighted by Gasteiger charge is 2.47. The molecule has 1 aromatic heterocycles. The van der Waals surface area contributed by atoms with Gasteiger partial charge in [-0.3, -0.25) is 4.68 Å². The molecule has 1 aliphatic rings. The van der Waals surface area contributed by atoms with Gasteiger partial charge in [-0.05, 0) is 18.4 Å². The minimum Gasteiger partial charge on any atom is -0.455 e. The third-order valence-corrected chi connectivity index (χ3v) is 3.43. The Morgan fingerprint density at radius 3 is 2.68 bits per heavy atom. The van der Waals surface area contributed by atoms with Gasteiger partial charge in [-0.15, -0.1) is 0 Å². The van der Waals surface area contributed by atoms with Gasteiger partial charge in [0, 0.05) is 19.7 Å². The van der Waals surface area contributed by atoms with Gasteiger partial charge in [-0.25, -0.2) is 4.79 Å². The second kappa shape index (κ2) is 4.53. The van der Waals surface area contributed by atoms with E-state index in [4.69, 9.17) is 4.74 Å². The number of esters is 1. The van der Waals surface area contributed by atoms with Crippen LogP contribution in [0, 0.1) is 0 Å². The van der Waals surface area contributed by atoms with Crippen LogP contribution in [0.3, 0.4) is 0 Å². The number of carbonyl (C=O) groups is 1. The summed E-state index contributed by atoms with van der Waals surface area (Å²) in [5, 5.41) is 3.99. The van der Waals surface area contributed by atoms with Crippen LogP contribution in [0.2, 0.25) is 0 Å². The average molecular weight is 256 g/mol. The molecular weight excluding hydrogens is 240 g/mol. The molecule has 3 rings (SSSR count). The van der Waals surface area contributed by atoms with E-state index in [1.807, 2.05) is 18.2 Å². The van der Waals surface area contributed by atoms with E-state index in [0.29, 0.717) is 5.56 Å². The molecule has 19 heavy (non-hydrogen) atoms.